The molecule has 0 unspecified atom stereocenters. The van der Waals surface area contributed by atoms with E-state index < -0.39 is 18.1 Å². The van der Waals surface area contributed by atoms with Crippen molar-refractivity contribution < 1.29 is 19.4 Å². The lowest BCUT2D eigenvalue weighted by Gasteiger charge is -2.24. The van der Waals surface area contributed by atoms with E-state index in [2.05, 4.69) is 0 Å². The Kier molecular flexibility index (Phi) is 4.31. The molecule has 3 N–H and O–H groups in total. The SMILES string of the molecule is C[C@@H](O)[C@H](N)C(=O)OC1CCOCC1. The third-order valence-corrected chi connectivity index (χ3v) is 2.24. The Hall–Kier alpha value is -0.650. The topological polar surface area (TPSA) is 81.8 Å². The van der Waals surface area contributed by atoms with Gasteiger partial charge in [0.15, 0.2) is 0 Å². The highest BCUT2D eigenvalue weighted by Crippen LogP contribution is 2.11. The van der Waals surface area contributed by atoms with Crippen molar-refractivity contribution in [2.45, 2.75) is 38.0 Å². The fraction of sp³-hybridized carbons (Fsp3) is 0.889. The van der Waals surface area contributed by atoms with Crippen LogP contribution in [0, 0.1) is 0 Å². The second kappa shape index (κ2) is 5.29. The van der Waals surface area contributed by atoms with Crippen molar-refractivity contribution in [2.75, 3.05) is 13.2 Å². The average Bonchev–Trinajstić information content (AvgIpc) is 2.18. The first-order valence-corrected chi connectivity index (χ1v) is 4.83. The van der Waals surface area contributed by atoms with Gasteiger partial charge < -0.3 is 20.3 Å². The van der Waals surface area contributed by atoms with Crippen molar-refractivity contribution >= 4 is 5.97 Å². The highest BCUT2D eigenvalue weighted by molar-refractivity contribution is 5.76. The van der Waals surface area contributed by atoms with Crippen LogP contribution in [0.3, 0.4) is 0 Å². The van der Waals surface area contributed by atoms with E-state index in [1.165, 1.54) is 6.92 Å². The summed E-state index contributed by atoms with van der Waals surface area (Å²) < 4.78 is 10.2. The van der Waals surface area contributed by atoms with Crippen LogP contribution in [0.2, 0.25) is 0 Å². The summed E-state index contributed by atoms with van der Waals surface area (Å²) in [4.78, 5) is 11.3. The number of nitrogens with two attached hydrogens (primary N) is 1. The van der Waals surface area contributed by atoms with Crippen LogP contribution >= 0.6 is 0 Å². The van der Waals surface area contributed by atoms with Crippen LogP contribution in [0.4, 0.5) is 0 Å². The molecule has 0 amide bonds. The Morgan fingerprint density at radius 1 is 1.57 bits per heavy atom. The summed E-state index contributed by atoms with van der Waals surface area (Å²) in [6.45, 7) is 2.69. The maximum atomic E-state index is 11.3. The fourth-order valence-corrected chi connectivity index (χ4v) is 1.23. The van der Waals surface area contributed by atoms with Gasteiger partial charge in [0.05, 0.1) is 19.3 Å². The van der Waals surface area contributed by atoms with Crippen molar-refractivity contribution in [3.8, 4) is 0 Å². The molecule has 82 valence electrons. The summed E-state index contributed by atoms with van der Waals surface area (Å²) in [6.07, 6.45) is 0.430. The van der Waals surface area contributed by atoms with Crippen molar-refractivity contribution in [1.82, 2.24) is 0 Å². The minimum Gasteiger partial charge on any atom is -0.461 e. The van der Waals surface area contributed by atoms with Crippen LogP contribution in [0.1, 0.15) is 19.8 Å². The number of aliphatic hydroxyl groups excluding tert-OH is 1. The zero-order valence-electron chi connectivity index (χ0n) is 8.31. The van der Waals surface area contributed by atoms with Crippen LogP contribution < -0.4 is 5.73 Å². The van der Waals surface area contributed by atoms with Gasteiger partial charge in [-0.15, -0.1) is 0 Å². The van der Waals surface area contributed by atoms with E-state index in [1.54, 1.807) is 0 Å². The molecular weight excluding hydrogens is 186 g/mol. The van der Waals surface area contributed by atoms with E-state index >= 15 is 0 Å². The van der Waals surface area contributed by atoms with Crippen LogP contribution in [-0.2, 0) is 14.3 Å². The zero-order chi connectivity index (χ0) is 10.6. The molecule has 1 aliphatic rings. The average molecular weight is 203 g/mol. The summed E-state index contributed by atoms with van der Waals surface area (Å²) in [5.41, 5.74) is 5.42. The molecule has 0 aliphatic carbocycles. The molecule has 0 saturated carbocycles. The minimum absolute atomic E-state index is 0.110. The smallest absolute Gasteiger partial charge is 0.325 e. The molecule has 5 heteroatoms. The number of aliphatic hydroxyl groups is 1. The molecule has 0 aromatic carbocycles. The van der Waals surface area contributed by atoms with Gasteiger partial charge >= 0.3 is 5.97 Å². The quantitative estimate of drug-likeness (QED) is 0.599. The van der Waals surface area contributed by atoms with E-state index in [0.717, 1.165) is 0 Å². The lowest BCUT2D eigenvalue weighted by molar-refractivity contribution is -0.157. The van der Waals surface area contributed by atoms with Gasteiger partial charge in [-0.1, -0.05) is 0 Å². The Balaban J connectivity index is 2.31. The van der Waals surface area contributed by atoms with Crippen molar-refractivity contribution in [3.63, 3.8) is 0 Å². The molecule has 14 heavy (non-hydrogen) atoms. The molecule has 0 bridgehead atoms. The largest absolute Gasteiger partial charge is 0.461 e. The number of carbonyl (C=O) groups is 1. The number of ether oxygens (including phenoxy) is 2. The Bertz CT molecular complexity index is 189. The first-order valence-electron chi connectivity index (χ1n) is 4.83. The molecule has 1 heterocycles. The summed E-state index contributed by atoms with van der Waals surface area (Å²) in [5, 5.41) is 9.07. The Labute approximate surface area is 83.2 Å². The first kappa shape index (κ1) is 11.4. The lowest BCUT2D eigenvalue weighted by Crippen LogP contribution is -2.43. The van der Waals surface area contributed by atoms with Crippen LogP contribution in [-0.4, -0.2) is 42.5 Å². The second-order valence-corrected chi connectivity index (χ2v) is 3.52. The summed E-state index contributed by atoms with van der Waals surface area (Å²) in [6, 6.07) is -0.946. The van der Waals surface area contributed by atoms with E-state index in [-0.39, 0.29) is 6.10 Å². The number of esters is 1. The monoisotopic (exact) mass is 203 g/mol. The standard InChI is InChI=1S/C9H17NO4/c1-6(11)8(10)9(12)14-7-2-4-13-5-3-7/h6-8,11H,2-5,10H2,1H3/t6-,8+/m1/s1. The molecule has 1 rings (SSSR count). The summed E-state index contributed by atoms with van der Waals surface area (Å²) in [7, 11) is 0. The predicted molar refractivity (Wildman–Crippen MR) is 49.6 cm³/mol. The highest BCUT2D eigenvalue weighted by Gasteiger charge is 2.24. The van der Waals surface area contributed by atoms with Gasteiger partial charge in [-0.25, -0.2) is 0 Å². The van der Waals surface area contributed by atoms with Crippen LogP contribution in [0.15, 0.2) is 0 Å². The third-order valence-electron chi connectivity index (χ3n) is 2.24. The molecule has 1 aliphatic heterocycles. The molecule has 0 spiro atoms. The number of carbonyl (C=O) groups excluding carboxylic acids is 1. The number of hydrogen-bond donors (Lipinski definition) is 2. The first-order chi connectivity index (χ1) is 6.61. The molecule has 5 nitrogen and oxygen atoms in total. The van der Waals surface area contributed by atoms with Crippen molar-refractivity contribution in [1.29, 1.82) is 0 Å². The molecule has 2 atom stereocenters. The highest BCUT2D eigenvalue weighted by atomic mass is 16.6. The van der Waals surface area contributed by atoms with E-state index in [0.29, 0.717) is 26.1 Å². The van der Waals surface area contributed by atoms with Gasteiger partial charge in [0.2, 0.25) is 0 Å². The molecule has 0 radical (unpaired) electrons. The maximum absolute atomic E-state index is 11.3. The molecular formula is C9H17NO4. The number of rotatable bonds is 3. The molecule has 0 aromatic heterocycles. The fourth-order valence-electron chi connectivity index (χ4n) is 1.23. The van der Waals surface area contributed by atoms with Gasteiger partial charge in [-0.2, -0.15) is 0 Å². The van der Waals surface area contributed by atoms with E-state index in [9.17, 15) is 4.79 Å². The maximum Gasteiger partial charge on any atom is 0.325 e. The summed E-state index contributed by atoms with van der Waals surface area (Å²) >= 11 is 0. The normalized spacial score (nSPS) is 22.8. The molecule has 1 fully saturated rings. The van der Waals surface area contributed by atoms with Gasteiger partial charge in [0.1, 0.15) is 12.1 Å². The Morgan fingerprint density at radius 3 is 2.64 bits per heavy atom. The van der Waals surface area contributed by atoms with Crippen LogP contribution in [0.25, 0.3) is 0 Å². The second-order valence-electron chi connectivity index (χ2n) is 3.52. The van der Waals surface area contributed by atoms with Gasteiger partial charge in [-0.05, 0) is 6.92 Å². The van der Waals surface area contributed by atoms with Gasteiger partial charge in [-0.3, -0.25) is 4.79 Å². The third kappa shape index (κ3) is 3.25. The van der Waals surface area contributed by atoms with Gasteiger partial charge in [0.25, 0.3) is 0 Å². The van der Waals surface area contributed by atoms with E-state index in [1.807, 2.05) is 0 Å². The van der Waals surface area contributed by atoms with Crippen molar-refractivity contribution in [2.24, 2.45) is 5.73 Å². The van der Waals surface area contributed by atoms with Crippen LogP contribution in [0.5, 0.6) is 0 Å². The number of hydrogen-bond acceptors (Lipinski definition) is 5. The minimum atomic E-state index is -0.946. The lowest BCUT2D eigenvalue weighted by atomic mass is 10.1. The van der Waals surface area contributed by atoms with Gasteiger partial charge in [0, 0.05) is 12.8 Å². The Morgan fingerprint density at radius 2 is 2.14 bits per heavy atom. The van der Waals surface area contributed by atoms with Crippen molar-refractivity contribution in [3.05, 3.63) is 0 Å². The zero-order valence-corrected chi connectivity index (χ0v) is 8.31. The van der Waals surface area contributed by atoms with E-state index in [4.69, 9.17) is 20.3 Å². The summed E-state index contributed by atoms with van der Waals surface area (Å²) in [5.74, 6) is -0.535. The molecule has 0 aromatic rings. The molecule has 1 saturated heterocycles. The predicted octanol–water partition coefficient (Wildman–Crippen LogP) is -0.583.